The molecule has 1 aliphatic rings. The monoisotopic (exact) mass is 353 g/mol. The van der Waals surface area contributed by atoms with Gasteiger partial charge in [-0.3, -0.25) is 4.79 Å². The maximum absolute atomic E-state index is 12.1. The number of carbonyl (C=O) groups is 1. The summed E-state index contributed by atoms with van der Waals surface area (Å²) in [5, 5.41) is 6.45. The normalized spacial score (nSPS) is 15.0. The van der Waals surface area contributed by atoms with Gasteiger partial charge in [-0.1, -0.05) is 0 Å². The summed E-state index contributed by atoms with van der Waals surface area (Å²) in [6, 6.07) is 0. The van der Waals surface area contributed by atoms with Crippen LogP contribution in [0, 0.1) is 12.8 Å². The van der Waals surface area contributed by atoms with Crippen LogP contribution in [0.2, 0.25) is 0 Å². The topological polar surface area (TPSA) is 45.2 Å². The summed E-state index contributed by atoms with van der Waals surface area (Å²) >= 11 is 1.64. The lowest BCUT2D eigenvalue weighted by Gasteiger charge is -2.23. The molecular weight excluding hydrogens is 329 g/mol. The van der Waals surface area contributed by atoms with Crippen molar-refractivity contribution in [3.8, 4) is 0 Å². The minimum Gasteiger partial charge on any atom is -0.340 e. The van der Waals surface area contributed by atoms with Crippen molar-refractivity contribution in [2.75, 3.05) is 20.1 Å². The zero-order chi connectivity index (χ0) is 13.7. The van der Waals surface area contributed by atoms with Crippen molar-refractivity contribution < 1.29 is 4.79 Å². The standard InChI is InChI=1S/C14H23N3OS.2ClH/c1-11-16-13(10-19-11)9-17(2)14(18)4-3-12-5-7-15-8-6-12;;/h10,12,15H,3-9H2,1-2H3;2*1H. The van der Waals surface area contributed by atoms with Crippen LogP contribution in [0.15, 0.2) is 5.38 Å². The molecule has 7 heteroatoms. The van der Waals surface area contributed by atoms with Gasteiger partial charge in [-0.05, 0) is 45.2 Å². The van der Waals surface area contributed by atoms with E-state index in [2.05, 4.69) is 10.3 Å². The molecule has 2 rings (SSSR count). The minimum atomic E-state index is 0. The molecule has 1 fully saturated rings. The van der Waals surface area contributed by atoms with Gasteiger partial charge in [0.15, 0.2) is 0 Å². The lowest BCUT2D eigenvalue weighted by molar-refractivity contribution is -0.130. The SMILES string of the molecule is Cc1nc(CN(C)C(=O)CCC2CCNCC2)cs1.Cl.Cl. The lowest BCUT2D eigenvalue weighted by Crippen LogP contribution is -2.30. The third kappa shape index (κ3) is 6.96. The highest BCUT2D eigenvalue weighted by molar-refractivity contribution is 7.09. The van der Waals surface area contributed by atoms with E-state index in [1.807, 2.05) is 19.4 Å². The van der Waals surface area contributed by atoms with E-state index in [1.54, 1.807) is 16.2 Å². The molecule has 0 aliphatic carbocycles. The van der Waals surface area contributed by atoms with E-state index in [-0.39, 0.29) is 30.7 Å². The second-order valence-corrected chi connectivity index (χ2v) is 6.40. The number of hydrogen-bond donors (Lipinski definition) is 1. The van der Waals surface area contributed by atoms with Gasteiger partial charge in [-0.15, -0.1) is 36.2 Å². The van der Waals surface area contributed by atoms with Crippen LogP contribution in [0.4, 0.5) is 0 Å². The number of halogens is 2. The Morgan fingerprint density at radius 1 is 1.43 bits per heavy atom. The van der Waals surface area contributed by atoms with E-state index < -0.39 is 0 Å². The summed E-state index contributed by atoms with van der Waals surface area (Å²) in [7, 11) is 1.87. The molecule has 0 saturated carbocycles. The summed E-state index contributed by atoms with van der Waals surface area (Å²) in [4.78, 5) is 18.3. The van der Waals surface area contributed by atoms with Crippen molar-refractivity contribution in [1.82, 2.24) is 15.2 Å². The van der Waals surface area contributed by atoms with E-state index in [9.17, 15) is 4.79 Å². The molecule has 0 radical (unpaired) electrons. The molecule has 1 amide bonds. The van der Waals surface area contributed by atoms with Crippen molar-refractivity contribution >= 4 is 42.1 Å². The summed E-state index contributed by atoms with van der Waals surface area (Å²) in [6.07, 6.45) is 4.12. The number of hydrogen-bond acceptors (Lipinski definition) is 4. The van der Waals surface area contributed by atoms with E-state index in [0.717, 1.165) is 36.1 Å². The molecule has 1 aromatic rings. The summed E-state index contributed by atoms with van der Waals surface area (Å²) in [5.74, 6) is 0.962. The van der Waals surface area contributed by atoms with E-state index >= 15 is 0 Å². The third-order valence-electron chi connectivity index (χ3n) is 3.72. The zero-order valence-corrected chi connectivity index (χ0v) is 15.1. The summed E-state index contributed by atoms with van der Waals surface area (Å²) in [6.45, 7) is 4.84. The van der Waals surface area contributed by atoms with E-state index in [4.69, 9.17) is 0 Å². The number of piperidine rings is 1. The van der Waals surface area contributed by atoms with Crippen LogP contribution in [-0.4, -0.2) is 35.9 Å². The van der Waals surface area contributed by atoms with Gasteiger partial charge in [-0.25, -0.2) is 4.98 Å². The number of nitrogens with one attached hydrogen (secondary N) is 1. The Morgan fingerprint density at radius 2 is 2.10 bits per heavy atom. The van der Waals surface area contributed by atoms with Crippen LogP contribution >= 0.6 is 36.2 Å². The van der Waals surface area contributed by atoms with E-state index in [1.165, 1.54) is 12.8 Å². The Kier molecular flexibility index (Phi) is 10.2. The molecule has 1 aromatic heterocycles. The first kappa shape index (κ1) is 20.6. The Balaban J connectivity index is 0.00000200. The molecule has 0 aromatic carbocycles. The number of thiazole rings is 1. The smallest absolute Gasteiger partial charge is 0.222 e. The molecule has 2 heterocycles. The molecular formula is C14H25Cl2N3OS. The largest absolute Gasteiger partial charge is 0.340 e. The lowest BCUT2D eigenvalue weighted by atomic mass is 9.93. The highest BCUT2D eigenvalue weighted by Crippen LogP contribution is 2.18. The molecule has 122 valence electrons. The zero-order valence-electron chi connectivity index (χ0n) is 12.6. The first-order chi connectivity index (χ1) is 9.15. The van der Waals surface area contributed by atoms with Gasteiger partial charge < -0.3 is 10.2 Å². The van der Waals surface area contributed by atoms with Crippen LogP contribution in [0.3, 0.4) is 0 Å². The van der Waals surface area contributed by atoms with Crippen molar-refractivity contribution in [2.45, 2.75) is 39.2 Å². The van der Waals surface area contributed by atoms with Gasteiger partial charge in [0.2, 0.25) is 5.91 Å². The molecule has 0 atom stereocenters. The average Bonchev–Trinajstić information content (AvgIpc) is 2.82. The van der Waals surface area contributed by atoms with Gasteiger partial charge in [0, 0.05) is 18.8 Å². The average molecular weight is 354 g/mol. The first-order valence-electron chi connectivity index (χ1n) is 7.01. The van der Waals surface area contributed by atoms with Crippen LogP contribution in [0.25, 0.3) is 0 Å². The predicted octanol–water partition coefficient (Wildman–Crippen LogP) is 3.03. The Hall–Kier alpha value is -0.360. The van der Waals surface area contributed by atoms with Crippen LogP contribution in [0.5, 0.6) is 0 Å². The fourth-order valence-electron chi connectivity index (χ4n) is 2.50. The number of nitrogens with zero attached hydrogens (tertiary/aromatic N) is 2. The maximum Gasteiger partial charge on any atom is 0.222 e. The van der Waals surface area contributed by atoms with Gasteiger partial charge in [0.25, 0.3) is 0 Å². The van der Waals surface area contributed by atoms with Crippen molar-refractivity contribution in [1.29, 1.82) is 0 Å². The summed E-state index contributed by atoms with van der Waals surface area (Å²) < 4.78 is 0. The van der Waals surface area contributed by atoms with Gasteiger partial charge in [0.05, 0.1) is 17.2 Å². The van der Waals surface area contributed by atoms with Crippen LogP contribution < -0.4 is 5.32 Å². The van der Waals surface area contributed by atoms with Crippen molar-refractivity contribution in [3.05, 3.63) is 16.1 Å². The quantitative estimate of drug-likeness (QED) is 0.884. The Labute approximate surface area is 143 Å². The second-order valence-electron chi connectivity index (χ2n) is 5.34. The van der Waals surface area contributed by atoms with Crippen molar-refractivity contribution in [3.63, 3.8) is 0 Å². The highest BCUT2D eigenvalue weighted by Gasteiger charge is 2.16. The fourth-order valence-corrected chi connectivity index (χ4v) is 3.10. The van der Waals surface area contributed by atoms with Gasteiger partial charge >= 0.3 is 0 Å². The molecule has 1 saturated heterocycles. The van der Waals surface area contributed by atoms with Gasteiger partial charge in [0.1, 0.15) is 0 Å². The van der Waals surface area contributed by atoms with Gasteiger partial charge in [-0.2, -0.15) is 0 Å². The molecule has 21 heavy (non-hydrogen) atoms. The number of aryl methyl sites for hydroxylation is 1. The second kappa shape index (κ2) is 10.4. The molecule has 4 nitrogen and oxygen atoms in total. The first-order valence-corrected chi connectivity index (χ1v) is 7.89. The number of amides is 1. The number of carbonyl (C=O) groups excluding carboxylic acids is 1. The van der Waals surface area contributed by atoms with E-state index in [0.29, 0.717) is 13.0 Å². The third-order valence-corrected chi connectivity index (χ3v) is 4.54. The number of aromatic nitrogens is 1. The maximum atomic E-state index is 12.1. The molecule has 0 spiro atoms. The molecule has 1 aliphatic heterocycles. The minimum absolute atomic E-state index is 0. The fraction of sp³-hybridized carbons (Fsp3) is 0.714. The predicted molar refractivity (Wildman–Crippen MR) is 92.6 cm³/mol. The Bertz CT molecular complexity index is 422. The molecule has 0 unspecified atom stereocenters. The highest BCUT2D eigenvalue weighted by atomic mass is 35.5. The van der Waals surface area contributed by atoms with Crippen molar-refractivity contribution in [2.24, 2.45) is 5.92 Å². The summed E-state index contributed by atoms with van der Waals surface area (Å²) in [5.41, 5.74) is 1.00. The molecule has 1 N–H and O–H groups in total. The Morgan fingerprint density at radius 3 is 2.67 bits per heavy atom. The number of rotatable bonds is 5. The van der Waals surface area contributed by atoms with Crippen LogP contribution in [-0.2, 0) is 11.3 Å². The molecule has 0 bridgehead atoms. The van der Waals surface area contributed by atoms with Crippen LogP contribution in [0.1, 0.15) is 36.4 Å².